The van der Waals surface area contributed by atoms with Crippen LogP contribution >= 0.6 is 0 Å². The zero-order valence-electron chi connectivity index (χ0n) is 9.04. The molecule has 1 rings (SSSR count). The van der Waals surface area contributed by atoms with Gasteiger partial charge in [0, 0.05) is 28.9 Å². The van der Waals surface area contributed by atoms with Gasteiger partial charge in [-0.05, 0) is 29.0 Å². The van der Waals surface area contributed by atoms with Crippen LogP contribution < -0.4 is 5.32 Å². The van der Waals surface area contributed by atoms with Crippen LogP contribution in [0.25, 0.3) is 0 Å². The minimum atomic E-state index is -0.954. The van der Waals surface area contributed by atoms with E-state index in [9.17, 15) is 14.3 Å². The van der Waals surface area contributed by atoms with Gasteiger partial charge in [-0.25, -0.2) is 0 Å². The van der Waals surface area contributed by atoms with E-state index in [0.717, 1.165) is 0 Å². The number of pyridine rings is 1. The average molecular weight is 243 g/mol. The first-order valence-corrected chi connectivity index (χ1v) is 6.30. The highest BCUT2D eigenvalue weighted by molar-refractivity contribution is 7.84. The molecule has 6 nitrogen and oxygen atoms in total. The summed E-state index contributed by atoms with van der Waals surface area (Å²) in [6.07, 6.45) is 2.97. The normalized spacial score (nSPS) is 14.1. The third kappa shape index (κ3) is 3.27. The van der Waals surface area contributed by atoms with E-state index >= 15 is 0 Å². The van der Waals surface area contributed by atoms with Crippen molar-refractivity contribution in [2.24, 2.45) is 0 Å². The lowest BCUT2D eigenvalue weighted by atomic mass is 10.3. The summed E-state index contributed by atoms with van der Waals surface area (Å²) in [5, 5.41) is 13.5. The quantitative estimate of drug-likeness (QED) is 0.619. The van der Waals surface area contributed by atoms with Gasteiger partial charge in [0.25, 0.3) is 0 Å². The Bertz CT molecular complexity index is 411. The molecule has 1 aromatic heterocycles. The second kappa shape index (κ2) is 5.55. The Balaban J connectivity index is 2.74. The maximum atomic E-state index is 11.1. The summed E-state index contributed by atoms with van der Waals surface area (Å²) in [6, 6.07) is 3.19. The van der Waals surface area contributed by atoms with Crippen LogP contribution in [0.5, 0.6) is 0 Å². The van der Waals surface area contributed by atoms with E-state index < -0.39 is 15.7 Å². The highest BCUT2D eigenvalue weighted by Gasteiger charge is 2.15. The van der Waals surface area contributed by atoms with Crippen molar-refractivity contribution in [1.29, 1.82) is 0 Å². The topological polar surface area (TPSA) is 85.1 Å². The van der Waals surface area contributed by atoms with Crippen LogP contribution in [-0.4, -0.2) is 32.2 Å². The second-order valence-corrected chi connectivity index (χ2v) is 5.12. The van der Waals surface area contributed by atoms with Crippen LogP contribution in [0.15, 0.2) is 18.3 Å². The number of aromatic nitrogens is 1. The molecular weight excluding hydrogens is 230 g/mol. The predicted octanol–water partition coefficient (Wildman–Crippen LogP) is 1.17. The summed E-state index contributed by atoms with van der Waals surface area (Å²) < 4.78 is 11.1. The first-order valence-electron chi connectivity index (χ1n) is 4.68. The summed E-state index contributed by atoms with van der Waals surface area (Å²) in [5.74, 6) is -0.211. The first-order chi connectivity index (χ1) is 7.52. The van der Waals surface area contributed by atoms with E-state index in [4.69, 9.17) is 0 Å². The Labute approximate surface area is 95.7 Å². The zero-order valence-corrected chi connectivity index (χ0v) is 9.86. The molecule has 0 fully saturated rings. The summed E-state index contributed by atoms with van der Waals surface area (Å²) in [6.45, 7) is 2.22. The van der Waals surface area contributed by atoms with Crippen molar-refractivity contribution in [3.63, 3.8) is 0 Å². The van der Waals surface area contributed by atoms with E-state index in [2.05, 4.69) is 10.3 Å². The van der Waals surface area contributed by atoms with Gasteiger partial charge in [-0.15, -0.1) is 0 Å². The van der Waals surface area contributed by atoms with Gasteiger partial charge in [-0.2, -0.15) is 0 Å². The molecule has 0 saturated carbocycles. The van der Waals surface area contributed by atoms with Gasteiger partial charge >= 0.3 is 5.82 Å². The molecular formula is C9H13N3O3S. The van der Waals surface area contributed by atoms with Gasteiger partial charge < -0.3 is 15.4 Å². The van der Waals surface area contributed by atoms with Crippen molar-refractivity contribution < 1.29 is 9.13 Å². The van der Waals surface area contributed by atoms with Crippen LogP contribution in [0.4, 0.5) is 11.5 Å². The van der Waals surface area contributed by atoms with Crippen LogP contribution in [-0.2, 0) is 10.8 Å². The van der Waals surface area contributed by atoms with Crippen molar-refractivity contribution in [1.82, 2.24) is 4.98 Å². The number of hydrogen-bond donors (Lipinski definition) is 1. The molecule has 1 aromatic rings. The Morgan fingerprint density at radius 3 is 2.94 bits per heavy atom. The minimum Gasteiger partial charge on any atom is -0.377 e. The standard InChI is InChI=1S/C9H13N3O3S/c1-7(16(2)15)6-11-8-4-3-5-10-9(8)12(13)14/h3-5,7,11H,6H2,1-2H3. The Hall–Kier alpha value is -1.50. The molecule has 0 aromatic carbocycles. The molecule has 0 aliphatic rings. The summed E-state index contributed by atoms with van der Waals surface area (Å²) >= 11 is 0. The molecule has 2 atom stereocenters. The van der Waals surface area contributed by atoms with E-state index in [1.165, 1.54) is 6.20 Å². The van der Waals surface area contributed by atoms with Gasteiger partial charge in [-0.3, -0.25) is 4.21 Å². The van der Waals surface area contributed by atoms with Crippen LogP contribution in [0.2, 0.25) is 0 Å². The number of nitrogens with zero attached hydrogens (tertiary/aromatic N) is 2. The van der Waals surface area contributed by atoms with Crippen LogP contribution in [0.3, 0.4) is 0 Å². The molecule has 7 heteroatoms. The number of rotatable bonds is 5. The molecule has 1 heterocycles. The van der Waals surface area contributed by atoms with Gasteiger partial charge in [-0.1, -0.05) is 0 Å². The first kappa shape index (κ1) is 12.6. The van der Waals surface area contributed by atoms with Gasteiger partial charge in [0.15, 0.2) is 0 Å². The fourth-order valence-electron chi connectivity index (χ4n) is 1.05. The van der Waals surface area contributed by atoms with E-state index in [-0.39, 0.29) is 11.1 Å². The zero-order chi connectivity index (χ0) is 12.1. The lowest BCUT2D eigenvalue weighted by Crippen LogP contribution is -2.21. The van der Waals surface area contributed by atoms with E-state index in [0.29, 0.717) is 12.2 Å². The largest absolute Gasteiger partial charge is 0.386 e. The second-order valence-electron chi connectivity index (χ2n) is 3.32. The Morgan fingerprint density at radius 2 is 2.38 bits per heavy atom. The van der Waals surface area contributed by atoms with Gasteiger partial charge in [0.2, 0.25) is 0 Å². The van der Waals surface area contributed by atoms with E-state index in [1.54, 1.807) is 18.4 Å². The van der Waals surface area contributed by atoms with Crippen molar-refractivity contribution in [3.05, 3.63) is 28.4 Å². The molecule has 0 radical (unpaired) electrons. The van der Waals surface area contributed by atoms with E-state index in [1.807, 2.05) is 6.92 Å². The molecule has 2 unspecified atom stereocenters. The lowest BCUT2D eigenvalue weighted by molar-refractivity contribution is -0.388. The number of anilines is 1. The van der Waals surface area contributed by atoms with Crippen molar-refractivity contribution in [3.8, 4) is 0 Å². The average Bonchev–Trinajstić information content (AvgIpc) is 2.25. The smallest absolute Gasteiger partial charge is 0.377 e. The molecule has 0 saturated heterocycles. The maximum absolute atomic E-state index is 11.1. The van der Waals surface area contributed by atoms with Crippen LogP contribution in [0, 0.1) is 10.1 Å². The molecule has 0 aliphatic carbocycles. The van der Waals surface area contributed by atoms with Crippen molar-refractivity contribution >= 4 is 22.3 Å². The fraction of sp³-hybridized carbons (Fsp3) is 0.444. The third-order valence-corrected chi connectivity index (χ3v) is 3.41. The SMILES string of the molecule is CC(CNc1cccnc1[N+](=O)[O-])S(C)=O. The molecule has 0 bridgehead atoms. The minimum absolute atomic E-state index is 0.0696. The predicted molar refractivity (Wildman–Crippen MR) is 62.9 cm³/mol. The van der Waals surface area contributed by atoms with Crippen molar-refractivity contribution in [2.75, 3.05) is 18.1 Å². The number of hydrogen-bond acceptors (Lipinski definition) is 5. The van der Waals surface area contributed by atoms with Gasteiger partial charge in [0.1, 0.15) is 11.9 Å². The third-order valence-electron chi connectivity index (χ3n) is 2.11. The Morgan fingerprint density at radius 1 is 1.69 bits per heavy atom. The molecule has 88 valence electrons. The fourth-order valence-corrected chi connectivity index (χ4v) is 1.37. The summed E-state index contributed by atoms with van der Waals surface area (Å²) in [7, 11) is -0.954. The molecule has 0 amide bonds. The molecule has 0 aliphatic heterocycles. The summed E-state index contributed by atoms with van der Waals surface area (Å²) in [4.78, 5) is 13.8. The maximum Gasteiger partial charge on any atom is 0.386 e. The van der Waals surface area contributed by atoms with Crippen molar-refractivity contribution in [2.45, 2.75) is 12.2 Å². The molecule has 1 N–H and O–H groups in total. The molecule has 16 heavy (non-hydrogen) atoms. The highest BCUT2D eigenvalue weighted by atomic mass is 32.2. The number of nitrogens with one attached hydrogen (secondary N) is 1. The van der Waals surface area contributed by atoms with Crippen LogP contribution in [0.1, 0.15) is 6.92 Å². The van der Waals surface area contributed by atoms with Gasteiger partial charge in [0.05, 0.1) is 0 Å². The lowest BCUT2D eigenvalue weighted by Gasteiger charge is -2.10. The highest BCUT2D eigenvalue weighted by Crippen LogP contribution is 2.19. The summed E-state index contributed by atoms with van der Waals surface area (Å²) in [5.41, 5.74) is 0.352. The Kier molecular flexibility index (Phi) is 4.36. The number of nitro groups is 1. The monoisotopic (exact) mass is 243 g/mol. The molecule has 0 spiro atoms.